The zero-order valence-corrected chi connectivity index (χ0v) is 10.4. The third-order valence-electron chi connectivity index (χ3n) is 2.00. The molecule has 1 nitrogen and oxygen atoms in total. The van der Waals surface area contributed by atoms with Gasteiger partial charge in [-0.25, -0.2) is 0 Å². The second-order valence-corrected chi connectivity index (χ2v) is 4.12. The van der Waals surface area contributed by atoms with E-state index in [1.807, 2.05) is 38.1 Å². The van der Waals surface area contributed by atoms with E-state index in [2.05, 4.69) is 15.9 Å². The van der Waals surface area contributed by atoms with Crippen LogP contribution in [0.4, 0.5) is 0 Å². The predicted molar refractivity (Wildman–Crippen MR) is 63.7 cm³/mol. The molecule has 0 radical (unpaired) electrons. The molecule has 0 spiro atoms. The number of benzene rings is 1. The minimum atomic E-state index is 0.827. The summed E-state index contributed by atoms with van der Waals surface area (Å²) in [5.41, 5.74) is 0. The zero-order chi connectivity index (χ0) is 10.4. The average molecular weight is 257 g/mol. The number of halogens is 1. The predicted octanol–water partition coefficient (Wildman–Crippen LogP) is 4.26. The van der Waals surface area contributed by atoms with Crippen LogP contribution in [-0.2, 0) is 0 Å². The fourth-order valence-electron chi connectivity index (χ4n) is 1.03. The van der Waals surface area contributed by atoms with E-state index in [-0.39, 0.29) is 0 Å². The number of hydrogen-bond donors (Lipinski definition) is 0. The van der Waals surface area contributed by atoms with Gasteiger partial charge in [-0.1, -0.05) is 29.8 Å². The van der Waals surface area contributed by atoms with Crippen molar-refractivity contribution in [3.05, 3.63) is 28.7 Å². The Morgan fingerprint density at radius 3 is 2.29 bits per heavy atom. The summed E-state index contributed by atoms with van der Waals surface area (Å²) in [6.07, 6.45) is 2.69. The van der Waals surface area contributed by atoms with Crippen LogP contribution >= 0.6 is 15.9 Å². The van der Waals surface area contributed by atoms with Crippen LogP contribution in [0.1, 0.15) is 26.7 Å². The summed E-state index contributed by atoms with van der Waals surface area (Å²) in [6, 6.07) is 7.99. The van der Waals surface area contributed by atoms with Gasteiger partial charge in [0.15, 0.2) is 0 Å². The van der Waals surface area contributed by atoms with Gasteiger partial charge >= 0.3 is 0 Å². The molecule has 0 atom stereocenters. The minimum Gasteiger partial charge on any atom is -0.493 e. The summed E-state index contributed by atoms with van der Waals surface area (Å²) in [4.78, 5) is 0. The smallest absolute Gasteiger partial charge is 0.119 e. The number of hydrogen-bond acceptors (Lipinski definition) is 1. The first-order valence-corrected chi connectivity index (χ1v) is 6.02. The van der Waals surface area contributed by atoms with E-state index in [0.29, 0.717) is 0 Å². The molecule has 1 saturated carbocycles. The van der Waals surface area contributed by atoms with Gasteiger partial charge < -0.3 is 4.74 Å². The van der Waals surface area contributed by atoms with Gasteiger partial charge in [-0.05, 0) is 43.0 Å². The fourth-order valence-corrected chi connectivity index (χ4v) is 1.29. The molecular weight excluding hydrogens is 240 g/mol. The Hall–Kier alpha value is -0.500. The Kier molecular flexibility index (Phi) is 5.02. The molecule has 0 heterocycles. The molecule has 0 unspecified atom stereocenters. The quantitative estimate of drug-likeness (QED) is 0.785. The summed E-state index contributed by atoms with van der Waals surface area (Å²) < 4.78 is 6.66. The van der Waals surface area contributed by atoms with Crippen molar-refractivity contribution in [1.82, 2.24) is 0 Å². The van der Waals surface area contributed by atoms with Crippen molar-refractivity contribution in [2.45, 2.75) is 26.7 Å². The van der Waals surface area contributed by atoms with Gasteiger partial charge in [-0.3, -0.25) is 0 Å². The SMILES string of the molecule is Brc1ccc(OCC2CC2)cc1.CC. The van der Waals surface area contributed by atoms with Crippen molar-refractivity contribution in [2.24, 2.45) is 5.92 Å². The van der Waals surface area contributed by atoms with Crippen LogP contribution in [0.2, 0.25) is 0 Å². The summed E-state index contributed by atoms with van der Waals surface area (Å²) in [5, 5.41) is 0. The van der Waals surface area contributed by atoms with Crippen LogP contribution in [0.3, 0.4) is 0 Å². The minimum absolute atomic E-state index is 0.827. The Balaban J connectivity index is 0.000000461. The Bertz CT molecular complexity index is 252. The summed E-state index contributed by atoms with van der Waals surface area (Å²) in [5.74, 6) is 1.80. The first kappa shape index (κ1) is 11.6. The van der Waals surface area contributed by atoms with Crippen molar-refractivity contribution < 1.29 is 4.74 Å². The lowest BCUT2D eigenvalue weighted by atomic mass is 10.3. The van der Waals surface area contributed by atoms with Crippen LogP contribution in [0.25, 0.3) is 0 Å². The van der Waals surface area contributed by atoms with E-state index >= 15 is 0 Å². The molecule has 0 bridgehead atoms. The maximum Gasteiger partial charge on any atom is 0.119 e. The van der Waals surface area contributed by atoms with Crippen molar-refractivity contribution in [1.29, 1.82) is 0 Å². The molecule has 14 heavy (non-hydrogen) atoms. The first-order valence-electron chi connectivity index (χ1n) is 5.23. The molecule has 1 fully saturated rings. The van der Waals surface area contributed by atoms with E-state index in [9.17, 15) is 0 Å². The normalized spacial score (nSPS) is 14.2. The highest BCUT2D eigenvalue weighted by Gasteiger charge is 2.21. The van der Waals surface area contributed by atoms with Gasteiger partial charge in [0, 0.05) is 4.47 Å². The Labute approximate surface area is 94.6 Å². The first-order chi connectivity index (χ1) is 6.84. The second-order valence-electron chi connectivity index (χ2n) is 3.21. The van der Waals surface area contributed by atoms with E-state index in [1.54, 1.807) is 0 Å². The molecule has 1 aromatic rings. The third kappa shape index (κ3) is 4.14. The van der Waals surface area contributed by atoms with Crippen LogP contribution in [0.5, 0.6) is 5.75 Å². The largest absolute Gasteiger partial charge is 0.493 e. The highest BCUT2D eigenvalue weighted by molar-refractivity contribution is 9.10. The van der Waals surface area contributed by atoms with Crippen molar-refractivity contribution in [3.8, 4) is 5.75 Å². The molecule has 78 valence electrons. The topological polar surface area (TPSA) is 9.23 Å². The molecule has 0 saturated heterocycles. The second kappa shape index (κ2) is 6.07. The van der Waals surface area contributed by atoms with Gasteiger partial charge in [0.25, 0.3) is 0 Å². The number of rotatable bonds is 3. The fraction of sp³-hybridized carbons (Fsp3) is 0.500. The lowest BCUT2D eigenvalue weighted by Gasteiger charge is -2.03. The highest BCUT2D eigenvalue weighted by atomic mass is 79.9. The standard InChI is InChI=1S/C10H11BrO.C2H6/c11-9-3-5-10(6-4-9)12-7-8-1-2-8;1-2/h3-6,8H,1-2,7H2;1-2H3. The van der Waals surface area contributed by atoms with Crippen LogP contribution in [0.15, 0.2) is 28.7 Å². The molecule has 1 aromatic carbocycles. The molecule has 0 amide bonds. The van der Waals surface area contributed by atoms with Crippen LogP contribution in [0, 0.1) is 5.92 Å². The van der Waals surface area contributed by atoms with Gasteiger partial charge in [0.1, 0.15) is 5.75 Å². The van der Waals surface area contributed by atoms with Crippen molar-refractivity contribution >= 4 is 15.9 Å². The molecule has 1 aliphatic carbocycles. The third-order valence-corrected chi connectivity index (χ3v) is 2.52. The van der Waals surface area contributed by atoms with Crippen LogP contribution < -0.4 is 4.74 Å². The van der Waals surface area contributed by atoms with Gasteiger partial charge in [-0.15, -0.1) is 0 Å². The van der Waals surface area contributed by atoms with E-state index in [0.717, 1.165) is 22.7 Å². The van der Waals surface area contributed by atoms with Crippen molar-refractivity contribution in [3.63, 3.8) is 0 Å². The summed E-state index contributed by atoms with van der Waals surface area (Å²) >= 11 is 3.38. The molecule has 0 aliphatic heterocycles. The van der Waals surface area contributed by atoms with Gasteiger partial charge in [-0.2, -0.15) is 0 Å². The van der Waals surface area contributed by atoms with E-state index in [4.69, 9.17) is 4.74 Å². The molecular formula is C12H17BrO. The average Bonchev–Trinajstić information content (AvgIpc) is 3.04. The molecule has 1 aliphatic rings. The zero-order valence-electron chi connectivity index (χ0n) is 8.79. The number of ether oxygens (including phenoxy) is 1. The molecule has 2 heteroatoms. The van der Waals surface area contributed by atoms with E-state index in [1.165, 1.54) is 12.8 Å². The van der Waals surface area contributed by atoms with Crippen molar-refractivity contribution in [2.75, 3.05) is 6.61 Å². The lowest BCUT2D eigenvalue weighted by molar-refractivity contribution is 0.300. The van der Waals surface area contributed by atoms with Gasteiger partial charge in [0.2, 0.25) is 0 Å². The maximum atomic E-state index is 5.56. The molecule has 0 N–H and O–H groups in total. The van der Waals surface area contributed by atoms with Gasteiger partial charge in [0.05, 0.1) is 6.61 Å². The van der Waals surface area contributed by atoms with Crippen LogP contribution in [-0.4, -0.2) is 6.61 Å². The maximum absolute atomic E-state index is 5.56. The monoisotopic (exact) mass is 256 g/mol. The molecule has 0 aromatic heterocycles. The lowest BCUT2D eigenvalue weighted by Crippen LogP contribution is -1.98. The highest BCUT2D eigenvalue weighted by Crippen LogP contribution is 2.29. The summed E-state index contributed by atoms with van der Waals surface area (Å²) in [6.45, 7) is 4.89. The summed E-state index contributed by atoms with van der Waals surface area (Å²) in [7, 11) is 0. The van der Waals surface area contributed by atoms with E-state index < -0.39 is 0 Å². The Morgan fingerprint density at radius 1 is 1.21 bits per heavy atom. The Morgan fingerprint density at radius 2 is 1.79 bits per heavy atom. The molecule has 2 rings (SSSR count).